The summed E-state index contributed by atoms with van der Waals surface area (Å²) in [6, 6.07) is 0. The molecule has 0 aromatic rings. The Bertz CT molecular complexity index is 336. The minimum absolute atomic E-state index is 0.338. The largest absolute Gasteiger partial charge is 0.466 e. The van der Waals surface area contributed by atoms with Crippen LogP contribution in [0.5, 0.6) is 0 Å². The zero-order valence-electron chi connectivity index (χ0n) is 13.7. The predicted octanol–water partition coefficient (Wildman–Crippen LogP) is 2.06. The molecular formula is C12H30O9P2. The molecule has 1 aliphatic heterocycles. The van der Waals surface area contributed by atoms with E-state index >= 15 is 0 Å². The third-order valence-corrected chi connectivity index (χ3v) is 3.18. The molecule has 6 N–H and O–H groups in total. The smallest absolute Gasteiger partial charge is 0.370 e. The van der Waals surface area contributed by atoms with E-state index in [1.807, 2.05) is 0 Å². The molecule has 0 aromatic carbocycles. The molecule has 1 saturated heterocycles. The van der Waals surface area contributed by atoms with Crippen molar-refractivity contribution in [3.63, 3.8) is 0 Å². The highest BCUT2D eigenvalue weighted by molar-refractivity contribution is 7.45. The van der Waals surface area contributed by atoms with E-state index in [-0.39, 0.29) is 0 Å². The van der Waals surface area contributed by atoms with Gasteiger partial charge in [-0.3, -0.25) is 0 Å². The van der Waals surface area contributed by atoms with E-state index in [2.05, 4.69) is 13.8 Å². The lowest BCUT2D eigenvalue weighted by Crippen LogP contribution is -2.08. The van der Waals surface area contributed by atoms with Gasteiger partial charge >= 0.3 is 15.6 Å². The molecule has 0 aromatic heterocycles. The molecule has 1 unspecified atom stereocenters. The van der Waals surface area contributed by atoms with Crippen LogP contribution in [0.3, 0.4) is 0 Å². The normalized spacial score (nSPS) is 20.0. The summed E-state index contributed by atoms with van der Waals surface area (Å²) in [4.78, 5) is 43.1. The van der Waals surface area contributed by atoms with Crippen LogP contribution in [-0.4, -0.2) is 41.6 Å². The molecule has 1 heterocycles. The van der Waals surface area contributed by atoms with Crippen molar-refractivity contribution in [1.29, 1.82) is 0 Å². The molecule has 0 amide bonds. The molecule has 0 bridgehead atoms. The van der Waals surface area contributed by atoms with Crippen LogP contribution in [0.2, 0.25) is 0 Å². The van der Waals surface area contributed by atoms with Crippen molar-refractivity contribution in [2.75, 3.05) is 6.61 Å². The minimum Gasteiger partial charge on any atom is -0.370 e. The second kappa shape index (κ2) is 12.5. The average molecular weight is 380 g/mol. The molecule has 0 spiro atoms. The minimum atomic E-state index is -4.64. The second-order valence-corrected chi connectivity index (χ2v) is 7.42. The van der Waals surface area contributed by atoms with Gasteiger partial charge in [0.1, 0.15) is 0 Å². The van der Waals surface area contributed by atoms with E-state index in [1.54, 1.807) is 0 Å². The van der Waals surface area contributed by atoms with Crippen LogP contribution in [-0.2, 0) is 13.9 Å². The Hall–Kier alpha value is 0.180. The topological polar surface area (TPSA) is 168 Å². The Morgan fingerprint density at radius 1 is 0.826 bits per heavy atom. The molecule has 0 radical (unpaired) electrons. The highest BCUT2D eigenvalue weighted by Gasteiger charge is 2.41. The Kier molecular flexibility index (Phi) is 13.8. The third kappa shape index (κ3) is 30.6. The summed E-state index contributed by atoms with van der Waals surface area (Å²) >= 11 is 0. The second-order valence-electron chi connectivity index (χ2n) is 5.37. The van der Waals surface area contributed by atoms with E-state index in [1.165, 1.54) is 51.4 Å². The summed E-state index contributed by atoms with van der Waals surface area (Å²) in [5.74, 6) is 0. The molecule has 1 atom stereocenters. The van der Waals surface area contributed by atoms with Crippen LogP contribution < -0.4 is 0 Å². The molecule has 11 heteroatoms. The van der Waals surface area contributed by atoms with Crippen molar-refractivity contribution in [1.82, 2.24) is 0 Å². The van der Waals surface area contributed by atoms with Crippen LogP contribution in [0.1, 0.15) is 65.2 Å². The molecule has 1 rings (SSSR count). The first kappa shape index (κ1) is 25.4. The number of unbranched alkanes of at least 4 members (excludes halogenated alkanes) is 5. The summed E-state index contributed by atoms with van der Waals surface area (Å²) in [5, 5.41) is 0. The molecular weight excluding hydrogens is 350 g/mol. The van der Waals surface area contributed by atoms with Gasteiger partial charge in [0.2, 0.25) is 0 Å². The zero-order chi connectivity index (χ0) is 18.6. The molecule has 0 aliphatic carbocycles. The van der Waals surface area contributed by atoms with Crippen LogP contribution in [0.25, 0.3) is 0 Å². The van der Waals surface area contributed by atoms with Gasteiger partial charge in [0.15, 0.2) is 0 Å². The predicted molar refractivity (Wildman–Crippen MR) is 85.5 cm³/mol. The van der Waals surface area contributed by atoms with Crippen LogP contribution in [0.15, 0.2) is 0 Å². The van der Waals surface area contributed by atoms with Crippen LogP contribution in [0.4, 0.5) is 0 Å². The first-order valence-corrected chi connectivity index (χ1v) is 10.7. The van der Waals surface area contributed by atoms with Crippen LogP contribution in [0, 0.1) is 0 Å². The fourth-order valence-electron chi connectivity index (χ4n) is 1.85. The molecule has 9 nitrogen and oxygen atoms in total. The fourth-order valence-corrected chi connectivity index (χ4v) is 1.85. The highest BCUT2D eigenvalue weighted by Crippen LogP contribution is 2.36. The van der Waals surface area contributed by atoms with Gasteiger partial charge in [0, 0.05) is 0 Å². The van der Waals surface area contributed by atoms with E-state index < -0.39 is 15.6 Å². The van der Waals surface area contributed by atoms with Gasteiger partial charge in [-0.1, -0.05) is 52.4 Å². The van der Waals surface area contributed by atoms with Gasteiger partial charge in [-0.15, -0.1) is 0 Å². The number of hydrogen-bond acceptors (Lipinski definition) is 3. The van der Waals surface area contributed by atoms with Gasteiger partial charge < -0.3 is 34.1 Å². The van der Waals surface area contributed by atoms with Gasteiger partial charge in [0.25, 0.3) is 0 Å². The Morgan fingerprint density at radius 3 is 1.48 bits per heavy atom. The van der Waals surface area contributed by atoms with Crippen molar-refractivity contribution in [3.05, 3.63) is 0 Å². The summed E-state index contributed by atoms with van der Waals surface area (Å²) in [5.41, 5.74) is 0.338. The van der Waals surface area contributed by atoms with E-state index in [0.717, 1.165) is 6.61 Å². The summed E-state index contributed by atoms with van der Waals surface area (Å²) in [7, 11) is -9.28. The van der Waals surface area contributed by atoms with E-state index in [0.29, 0.717) is 5.60 Å². The first-order chi connectivity index (χ1) is 10.3. The van der Waals surface area contributed by atoms with Crippen molar-refractivity contribution < 1.29 is 43.2 Å². The molecule has 1 fully saturated rings. The molecule has 142 valence electrons. The zero-order valence-corrected chi connectivity index (χ0v) is 15.5. The van der Waals surface area contributed by atoms with Gasteiger partial charge in [-0.2, -0.15) is 0 Å². The van der Waals surface area contributed by atoms with Crippen LogP contribution >= 0.6 is 15.6 Å². The maximum atomic E-state index is 8.88. The van der Waals surface area contributed by atoms with E-state index in [9.17, 15) is 0 Å². The van der Waals surface area contributed by atoms with Crippen molar-refractivity contribution in [3.8, 4) is 0 Å². The number of phosphoric acid groups is 2. The lowest BCUT2D eigenvalue weighted by molar-refractivity contribution is 0.272. The monoisotopic (exact) mass is 380 g/mol. The fraction of sp³-hybridized carbons (Fsp3) is 1.00. The lowest BCUT2D eigenvalue weighted by Gasteiger charge is -2.07. The lowest BCUT2D eigenvalue weighted by atomic mass is 9.99. The molecule has 0 saturated carbocycles. The quantitative estimate of drug-likeness (QED) is 0.210. The molecule has 23 heavy (non-hydrogen) atoms. The van der Waals surface area contributed by atoms with Gasteiger partial charge in [0.05, 0.1) is 12.2 Å². The number of ether oxygens (including phenoxy) is 1. The first-order valence-electron chi connectivity index (χ1n) is 7.53. The SMILES string of the molecule is CCCCCCCCC1(CC)CO1.O=P(O)(O)O.O=P(O)(O)O. The Labute approximate surface area is 137 Å². The summed E-state index contributed by atoms with van der Waals surface area (Å²) in [6.07, 6.45) is 10.9. The number of epoxide rings is 1. The van der Waals surface area contributed by atoms with Crippen molar-refractivity contribution in [2.45, 2.75) is 70.8 Å². The third-order valence-electron chi connectivity index (χ3n) is 3.18. The van der Waals surface area contributed by atoms with Crippen molar-refractivity contribution in [2.24, 2.45) is 0 Å². The Morgan fingerprint density at radius 2 is 1.17 bits per heavy atom. The molecule has 1 aliphatic rings. The average Bonchev–Trinajstić information content (AvgIpc) is 3.10. The summed E-state index contributed by atoms with van der Waals surface area (Å²) < 4.78 is 23.2. The van der Waals surface area contributed by atoms with E-state index in [4.69, 9.17) is 43.2 Å². The highest BCUT2D eigenvalue weighted by atomic mass is 31.2. The Balaban J connectivity index is 0. The standard InChI is InChI=1S/C12H24O.2H3O4P/c1-3-5-6-7-8-9-10-12(4-2)11-13-12;2*1-5(2,3)4/h3-11H2,1-2H3;2*(H3,1,2,3,4). The number of rotatable bonds is 8. The summed E-state index contributed by atoms with van der Waals surface area (Å²) in [6.45, 7) is 5.53. The van der Waals surface area contributed by atoms with Crippen molar-refractivity contribution >= 4 is 15.6 Å². The maximum Gasteiger partial charge on any atom is 0.466 e. The maximum absolute atomic E-state index is 8.88. The van der Waals surface area contributed by atoms with Gasteiger partial charge in [-0.25, -0.2) is 9.13 Å². The number of hydrogen-bond donors (Lipinski definition) is 6. The van der Waals surface area contributed by atoms with Gasteiger partial charge in [-0.05, 0) is 12.8 Å².